The highest BCUT2D eigenvalue weighted by molar-refractivity contribution is 7.27. The van der Waals surface area contributed by atoms with Crippen molar-refractivity contribution in [3.63, 3.8) is 0 Å². The molecule has 12 aromatic carbocycles. The first-order valence-electron chi connectivity index (χ1n) is 27.2. The highest BCUT2D eigenvalue weighted by atomic mass is 32.1. The van der Waals surface area contributed by atoms with Gasteiger partial charge in [-0.2, -0.15) is 0 Å². The molecule has 0 amide bonds. The first-order chi connectivity index (χ1) is 39.3. The molecule has 0 N–H and O–H groups in total. The van der Waals surface area contributed by atoms with Gasteiger partial charge in [-0.25, -0.2) is 0 Å². The van der Waals surface area contributed by atoms with E-state index in [0.29, 0.717) is 0 Å². The van der Waals surface area contributed by atoms with E-state index in [2.05, 4.69) is 295 Å². The summed E-state index contributed by atoms with van der Waals surface area (Å²) in [6.45, 7) is 8.51. The lowest BCUT2D eigenvalue weighted by Crippen LogP contribution is -1.80. The van der Waals surface area contributed by atoms with Crippen LogP contribution in [0.3, 0.4) is 0 Å². The van der Waals surface area contributed by atoms with Crippen molar-refractivity contribution < 1.29 is 0 Å². The number of hydrogen-bond donors (Lipinski definition) is 0. The van der Waals surface area contributed by atoms with Gasteiger partial charge in [0, 0.05) is 80.7 Å². The minimum Gasteiger partial charge on any atom is -0.135 e. The summed E-state index contributed by atoms with van der Waals surface area (Å²) >= 11 is 7.50. The second-order valence-electron chi connectivity index (χ2n) is 20.6. The van der Waals surface area contributed by atoms with Crippen molar-refractivity contribution in [2.24, 2.45) is 0 Å². The summed E-state index contributed by atoms with van der Waals surface area (Å²) in [5.41, 5.74) is 15.6. The van der Waals surface area contributed by atoms with Gasteiger partial charge in [0.15, 0.2) is 0 Å². The van der Waals surface area contributed by atoms with Gasteiger partial charge in [-0.05, 0) is 121 Å². The van der Waals surface area contributed by atoms with Crippen LogP contribution in [0.2, 0.25) is 0 Å². The van der Waals surface area contributed by atoms with E-state index < -0.39 is 0 Å². The molecule has 4 heterocycles. The van der Waals surface area contributed by atoms with Crippen molar-refractivity contribution in [1.82, 2.24) is 0 Å². The molecule has 0 saturated carbocycles. The predicted molar refractivity (Wildman–Crippen MR) is 358 cm³/mol. The van der Waals surface area contributed by atoms with Gasteiger partial charge >= 0.3 is 0 Å². The largest absolute Gasteiger partial charge is 0.135 e. The van der Waals surface area contributed by atoms with Crippen LogP contribution in [0.25, 0.3) is 125 Å². The van der Waals surface area contributed by atoms with E-state index in [4.69, 9.17) is 0 Å². The Kier molecular flexibility index (Phi) is 14.2. The summed E-state index contributed by atoms with van der Waals surface area (Å²) in [4.78, 5) is 0. The molecule has 0 fully saturated rings. The maximum atomic E-state index is 2.32. The quantitative estimate of drug-likeness (QED) is 0.165. The lowest BCUT2D eigenvalue weighted by Gasteiger charge is -2.05. The SMILES string of the molecule is Cc1ccc(-c2ccc3c(c2)sc2ccccc23)cc1.Cc1ccc(-c2ccc3sc4ccccc4c3c2)cc1.Cc1ccc(-c2cccc3c2sc2ccccc23)cc1.Cc1ccc(-c2cccc3sc4ccccc4c23)cc1. The van der Waals surface area contributed by atoms with E-state index in [9.17, 15) is 0 Å². The normalized spacial score (nSPS) is 11.2. The number of thiophene rings is 4. The number of aryl methyl sites for hydroxylation is 4. The van der Waals surface area contributed by atoms with Crippen molar-refractivity contribution in [3.05, 3.63) is 289 Å². The van der Waals surface area contributed by atoms with E-state index in [0.717, 1.165) is 0 Å². The van der Waals surface area contributed by atoms with Gasteiger partial charge in [0.1, 0.15) is 0 Å². The third kappa shape index (κ3) is 10.4. The number of benzene rings is 12. The van der Waals surface area contributed by atoms with Crippen LogP contribution in [0.15, 0.2) is 267 Å². The second kappa shape index (κ2) is 22.3. The third-order valence-electron chi connectivity index (χ3n) is 15.1. The molecule has 0 aliphatic heterocycles. The third-order valence-corrected chi connectivity index (χ3v) is 19.7. The molecule has 4 heteroatoms. The van der Waals surface area contributed by atoms with Crippen LogP contribution in [0, 0.1) is 27.7 Å². The van der Waals surface area contributed by atoms with Crippen LogP contribution < -0.4 is 0 Å². The summed E-state index contributed by atoms with van der Waals surface area (Å²) in [5.74, 6) is 0. The maximum Gasteiger partial charge on any atom is 0.0433 e. The Balaban J connectivity index is 0.000000101. The van der Waals surface area contributed by atoms with Crippen molar-refractivity contribution in [2.45, 2.75) is 27.7 Å². The molecule has 4 aromatic heterocycles. The summed E-state index contributed by atoms with van der Waals surface area (Å²) in [7, 11) is 0. The molecule has 0 atom stereocenters. The number of hydrogen-bond acceptors (Lipinski definition) is 4. The fourth-order valence-electron chi connectivity index (χ4n) is 10.8. The fraction of sp³-hybridized carbons (Fsp3) is 0.0526. The van der Waals surface area contributed by atoms with Crippen LogP contribution in [0.4, 0.5) is 0 Å². The summed E-state index contributed by atoms with van der Waals surface area (Å²) in [6.07, 6.45) is 0. The molecule has 0 unspecified atom stereocenters. The molecule has 384 valence electrons. The highest BCUT2D eigenvalue weighted by Gasteiger charge is 2.13. The Morgan fingerprint density at radius 1 is 0.200 bits per heavy atom. The Morgan fingerprint density at radius 3 is 1.14 bits per heavy atom. The summed E-state index contributed by atoms with van der Waals surface area (Å²) in [6, 6.07) is 96.5. The van der Waals surface area contributed by atoms with E-state index in [1.165, 1.54) is 147 Å². The zero-order chi connectivity index (χ0) is 54.1. The van der Waals surface area contributed by atoms with Crippen molar-refractivity contribution in [1.29, 1.82) is 0 Å². The predicted octanol–water partition coefficient (Wildman–Crippen LogP) is 24.1. The van der Waals surface area contributed by atoms with Crippen LogP contribution in [0.1, 0.15) is 22.3 Å². The Hall–Kier alpha value is -8.48. The number of fused-ring (bicyclic) bond motifs is 12. The van der Waals surface area contributed by atoms with Crippen molar-refractivity contribution in [3.8, 4) is 44.5 Å². The van der Waals surface area contributed by atoms with E-state index >= 15 is 0 Å². The van der Waals surface area contributed by atoms with Gasteiger partial charge in [-0.1, -0.05) is 241 Å². The molecule has 0 saturated heterocycles. The van der Waals surface area contributed by atoms with Gasteiger partial charge in [0.2, 0.25) is 0 Å². The minimum atomic E-state index is 1.28. The molecular formula is C76H56S4. The molecule has 0 aliphatic rings. The zero-order valence-corrected chi connectivity index (χ0v) is 48.3. The Labute approximate surface area is 483 Å². The van der Waals surface area contributed by atoms with Gasteiger partial charge in [0.05, 0.1) is 0 Å². The first-order valence-corrected chi connectivity index (χ1v) is 30.5. The molecular weight excluding hydrogens is 1040 g/mol. The zero-order valence-electron chi connectivity index (χ0n) is 45.0. The van der Waals surface area contributed by atoms with Crippen LogP contribution in [0.5, 0.6) is 0 Å². The van der Waals surface area contributed by atoms with Crippen molar-refractivity contribution in [2.75, 3.05) is 0 Å². The Morgan fingerprint density at radius 2 is 0.550 bits per heavy atom. The van der Waals surface area contributed by atoms with Gasteiger partial charge in [0.25, 0.3) is 0 Å². The minimum absolute atomic E-state index is 1.28. The van der Waals surface area contributed by atoms with Gasteiger partial charge < -0.3 is 0 Å². The van der Waals surface area contributed by atoms with E-state index in [1.54, 1.807) is 0 Å². The molecule has 16 aromatic rings. The lowest BCUT2D eigenvalue weighted by atomic mass is 9.99. The van der Waals surface area contributed by atoms with Gasteiger partial charge in [-0.3, -0.25) is 0 Å². The maximum absolute atomic E-state index is 2.32. The Bertz CT molecular complexity index is 4810. The van der Waals surface area contributed by atoms with Gasteiger partial charge in [-0.15, -0.1) is 45.3 Å². The highest BCUT2D eigenvalue weighted by Crippen LogP contribution is 2.42. The smallest absolute Gasteiger partial charge is 0.0433 e. The lowest BCUT2D eigenvalue weighted by molar-refractivity contribution is 1.47. The van der Waals surface area contributed by atoms with Crippen molar-refractivity contribution >= 4 is 126 Å². The topological polar surface area (TPSA) is 0 Å². The van der Waals surface area contributed by atoms with E-state index in [1.807, 2.05) is 45.3 Å². The molecule has 0 aliphatic carbocycles. The number of rotatable bonds is 4. The molecule has 0 nitrogen and oxygen atoms in total. The standard InChI is InChI=1S/4C19H14S/c1-13-9-11-14(12-10-13)15-6-4-7-17-16-5-2-3-8-18(16)20-19(15)17;1-13-9-11-14(12-10-13)15-6-4-8-18-19(15)16-5-2-3-7-17(16)20-18;1-13-6-8-14(9-7-13)15-10-11-19-17(12-15)16-4-2-3-5-18(16)20-19;1-13-6-8-14(9-7-13)15-10-11-17-16-4-2-3-5-18(16)20-19(17)12-15/h4*2-12H,1H3. The molecule has 16 rings (SSSR count). The van der Waals surface area contributed by atoms with Crippen LogP contribution in [-0.2, 0) is 0 Å². The van der Waals surface area contributed by atoms with Crippen LogP contribution in [-0.4, -0.2) is 0 Å². The second-order valence-corrected chi connectivity index (χ2v) is 24.9. The summed E-state index contributed by atoms with van der Waals surface area (Å²) in [5, 5.41) is 10.9. The first kappa shape index (κ1) is 51.0. The molecule has 0 bridgehead atoms. The van der Waals surface area contributed by atoms with E-state index in [-0.39, 0.29) is 0 Å². The molecule has 0 radical (unpaired) electrons. The molecule has 80 heavy (non-hydrogen) atoms. The molecule has 0 spiro atoms. The average molecular weight is 1100 g/mol. The fourth-order valence-corrected chi connectivity index (χ4v) is 15.4. The average Bonchev–Trinajstić information content (AvgIpc) is 4.48. The monoisotopic (exact) mass is 1100 g/mol. The van der Waals surface area contributed by atoms with Crippen LogP contribution >= 0.6 is 45.3 Å². The summed E-state index contributed by atoms with van der Waals surface area (Å²) < 4.78 is 10.9.